The molecule has 1 aromatic rings. The zero-order valence-electron chi connectivity index (χ0n) is 10.6. The molecular weight excluding hydrogens is 264 g/mol. The second kappa shape index (κ2) is 6.24. The molecular formula is C13H21BrN2. The van der Waals surface area contributed by atoms with Gasteiger partial charge in [0.1, 0.15) is 5.82 Å². The molecule has 1 heterocycles. The van der Waals surface area contributed by atoms with Gasteiger partial charge >= 0.3 is 0 Å². The van der Waals surface area contributed by atoms with E-state index in [1.807, 2.05) is 6.20 Å². The fraction of sp³-hybridized carbons (Fsp3) is 0.615. The maximum atomic E-state index is 4.52. The van der Waals surface area contributed by atoms with Crippen LogP contribution >= 0.6 is 15.9 Å². The minimum atomic E-state index is 0.740. The van der Waals surface area contributed by atoms with Crippen LogP contribution < -0.4 is 4.90 Å². The van der Waals surface area contributed by atoms with Gasteiger partial charge in [0.2, 0.25) is 0 Å². The molecule has 0 atom stereocenters. The Labute approximate surface area is 107 Å². The smallest absolute Gasteiger partial charge is 0.131 e. The van der Waals surface area contributed by atoms with E-state index in [9.17, 15) is 0 Å². The van der Waals surface area contributed by atoms with Crippen molar-refractivity contribution in [1.29, 1.82) is 0 Å². The van der Waals surface area contributed by atoms with Crippen LogP contribution in [0, 0.1) is 12.8 Å². The van der Waals surface area contributed by atoms with E-state index in [0.717, 1.165) is 23.6 Å². The topological polar surface area (TPSA) is 16.1 Å². The molecule has 0 saturated heterocycles. The van der Waals surface area contributed by atoms with Crippen LogP contribution in [0.5, 0.6) is 0 Å². The van der Waals surface area contributed by atoms with Crippen molar-refractivity contribution in [2.24, 2.45) is 5.92 Å². The van der Waals surface area contributed by atoms with Crippen LogP contribution in [-0.2, 0) is 5.33 Å². The minimum absolute atomic E-state index is 0.740. The highest BCUT2D eigenvalue weighted by Gasteiger charge is 2.07. The Morgan fingerprint density at radius 2 is 2.12 bits per heavy atom. The lowest BCUT2D eigenvalue weighted by molar-refractivity contribution is 0.583. The van der Waals surface area contributed by atoms with Gasteiger partial charge in [-0.3, -0.25) is 0 Å². The second-order valence-electron chi connectivity index (χ2n) is 4.72. The Bertz CT molecular complexity index is 337. The average molecular weight is 285 g/mol. The molecule has 0 fully saturated rings. The number of alkyl halides is 1. The van der Waals surface area contributed by atoms with E-state index in [1.54, 1.807) is 0 Å². The number of anilines is 1. The van der Waals surface area contributed by atoms with E-state index in [4.69, 9.17) is 0 Å². The second-order valence-corrected chi connectivity index (χ2v) is 5.28. The number of hydrogen-bond acceptors (Lipinski definition) is 2. The van der Waals surface area contributed by atoms with Gasteiger partial charge in [-0.25, -0.2) is 4.98 Å². The van der Waals surface area contributed by atoms with Crippen LogP contribution in [0.25, 0.3) is 0 Å². The van der Waals surface area contributed by atoms with Crippen molar-refractivity contribution >= 4 is 21.7 Å². The lowest BCUT2D eigenvalue weighted by atomic mass is 10.1. The lowest BCUT2D eigenvalue weighted by Crippen LogP contribution is -2.22. The largest absolute Gasteiger partial charge is 0.359 e. The van der Waals surface area contributed by atoms with Gasteiger partial charge in [-0.15, -0.1) is 0 Å². The fourth-order valence-corrected chi connectivity index (χ4v) is 1.96. The van der Waals surface area contributed by atoms with Gasteiger partial charge in [0.25, 0.3) is 0 Å². The number of nitrogens with zero attached hydrogens (tertiary/aromatic N) is 2. The van der Waals surface area contributed by atoms with Gasteiger partial charge in [-0.05, 0) is 30.4 Å². The molecule has 0 N–H and O–H groups in total. The lowest BCUT2D eigenvalue weighted by Gasteiger charge is -2.21. The summed E-state index contributed by atoms with van der Waals surface area (Å²) >= 11 is 3.45. The number of halogens is 1. The van der Waals surface area contributed by atoms with Gasteiger partial charge < -0.3 is 4.90 Å². The molecule has 1 rings (SSSR count). The molecule has 0 amide bonds. The zero-order valence-corrected chi connectivity index (χ0v) is 12.2. The van der Waals surface area contributed by atoms with E-state index in [-0.39, 0.29) is 0 Å². The SMILES string of the molecule is Cc1cc(CBr)cnc1N(C)CCC(C)C. The van der Waals surface area contributed by atoms with Crippen molar-refractivity contribution in [2.75, 3.05) is 18.5 Å². The summed E-state index contributed by atoms with van der Waals surface area (Å²) < 4.78 is 0. The molecule has 16 heavy (non-hydrogen) atoms. The Balaban J connectivity index is 2.71. The molecule has 1 aromatic heterocycles. The normalized spacial score (nSPS) is 10.9. The number of aryl methyl sites for hydroxylation is 1. The Kier molecular flexibility index (Phi) is 5.26. The molecule has 0 saturated carbocycles. The summed E-state index contributed by atoms with van der Waals surface area (Å²) in [6.07, 6.45) is 3.15. The monoisotopic (exact) mass is 284 g/mol. The van der Waals surface area contributed by atoms with Crippen LogP contribution in [0.4, 0.5) is 5.82 Å². The summed E-state index contributed by atoms with van der Waals surface area (Å²) in [4.78, 5) is 6.77. The molecule has 0 unspecified atom stereocenters. The van der Waals surface area contributed by atoms with Crippen LogP contribution in [0.3, 0.4) is 0 Å². The zero-order chi connectivity index (χ0) is 12.1. The molecule has 2 nitrogen and oxygen atoms in total. The molecule has 0 aromatic carbocycles. The first-order valence-corrected chi connectivity index (χ1v) is 6.89. The Morgan fingerprint density at radius 3 is 2.62 bits per heavy atom. The third kappa shape index (κ3) is 3.78. The molecule has 3 heteroatoms. The van der Waals surface area contributed by atoms with Gasteiger partial charge in [0, 0.05) is 25.1 Å². The highest BCUT2D eigenvalue weighted by atomic mass is 79.9. The average Bonchev–Trinajstić information content (AvgIpc) is 2.25. The fourth-order valence-electron chi connectivity index (χ4n) is 1.66. The third-order valence-corrected chi connectivity index (χ3v) is 3.31. The summed E-state index contributed by atoms with van der Waals surface area (Å²) in [6, 6.07) is 2.20. The molecule has 0 bridgehead atoms. The summed E-state index contributed by atoms with van der Waals surface area (Å²) in [5.41, 5.74) is 2.49. The predicted octanol–water partition coefficient (Wildman–Crippen LogP) is 3.77. The van der Waals surface area contributed by atoms with Crippen molar-refractivity contribution in [3.8, 4) is 0 Å². The van der Waals surface area contributed by atoms with E-state index in [0.29, 0.717) is 0 Å². The highest BCUT2D eigenvalue weighted by molar-refractivity contribution is 9.08. The van der Waals surface area contributed by atoms with Crippen molar-refractivity contribution in [2.45, 2.75) is 32.5 Å². The first-order chi connectivity index (χ1) is 7.54. The first kappa shape index (κ1) is 13.5. The molecule has 0 aliphatic rings. The van der Waals surface area contributed by atoms with Crippen LogP contribution in [0.2, 0.25) is 0 Å². The summed E-state index contributed by atoms with van der Waals surface area (Å²) in [6.45, 7) is 7.70. The molecule has 0 radical (unpaired) electrons. The molecule has 0 aliphatic heterocycles. The summed E-state index contributed by atoms with van der Waals surface area (Å²) in [7, 11) is 2.12. The van der Waals surface area contributed by atoms with Crippen LogP contribution in [-0.4, -0.2) is 18.6 Å². The van der Waals surface area contributed by atoms with Gasteiger partial charge in [0.05, 0.1) is 0 Å². The summed E-state index contributed by atoms with van der Waals surface area (Å²) in [5, 5.41) is 0.872. The maximum Gasteiger partial charge on any atom is 0.131 e. The van der Waals surface area contributed by atoms with Crippen LogP contribution in [0.15, 0.2) is 12.3 Å². The minimum Gasteiger partial charge on any atom is -0.359 e. The van der Waals surface area contributed by atoms with Gasteiger partial charge in [0.15, 0.2) is 0 Å². The van der Waals surface area contributed by atoms with E-state index in [2.05, 4.69) is 59.7 Å². The van der Waals surface area contributed by atoms with Gasteiger partial charge in [-0.1, -0.05) is 35.8 Å². The predicted molar refractivity (Wildman–Crippen MR) is 74.3 cm³/mol. The van der Waals surface area contributed by atoms with E-state index >= 15 is 0 Å². The number of pyridine rings is 1. The van der Waals surface area contributed by atoms with Crippen molar-refractivity contribution in [3.05, 3.63) is 23.4 Å². The maximum absolute atomic E-state index is 4.52. The van der Waals surface area contributed by atoms with Crippen molar-refractivity contribution in [3.63, 3.8) is 0 Å². The third-order valence-electron chi connectivity index (χ3n) is 2.66. The molecule has 90 valence electrons. The number of aromatic nitrogens is 1. The Hall–Kier alpha value is -0.570. The van der Waals surface area contributed by atoms with E-state index < -0.39 is 0 Å². The number of rotatable bonds is 5. The standard InChI is InChI=1S/C13H21BrN2/c1-10(2)5-6-16(4)13-11(3)7-12(8-14)9-15-13/h7,9-10H,5-6,8H2,1-4H3. The van der Waals surface area contributed by atoms with Crippen molar-refractivity contribution < 1.29 is 0 Å². The molecule has 0 aliphatic carbocycles. The highest BCUT2D eigenvalue weighted by Crippen LogP contribution is 2.18. The summed E-state index contributed by atoms with van der Waals surface area (Å²) in [5.74, 6) is 1.84. The van der Waals surface area contributed by atoms with Crippen LogP contribution in [0.1, 0.15) is 31.4 Å². The van der Waals surface area contributed by atoms with Gasteiger partial charge in [-0.2, -0.15) is 0 Å². The Morgan fingerprint density at radius 1 is 1.44 bits per heavy atom. The van der Waals surface area contributed by atoms with E-state index in [1.165, 1.54) is 17.5 Å². The number of hydrogen-bond donors (Lipinski definition) is 0. The molecule has 0 spiro atoms. The van der Waals surface area contributed by atoms with Crippen molar-refractivity contribution in [1.82, 2.24) is 4.98 Å². The quantitative estimate of drug-likeness (QED) is 0.766. The first-order valence-electron chi connectivity index (χ1n) is 5.77.